The number of nitrogens with zero attached hydrogens (tertiary/aromatic N) is 1. The van der Waals surface area contributed by atoms with E-state index in [1.807, 2.05) is 61.5 Å². The van der Waals surface area contributed by atoms with E-state index >= 15 is 0 Å². The van der Waals surface area contributed by atoms with E-state index in [9.17, 15) is 14.4 Å². The first kappa shape index (κ1) is 25.4. The molecule has 2 heterocycles. The summed E-state index contributed by atoms with van der Waals surface area (Å²) in [6.45, 7) is 3.91. The van der Waals surface area contributed by atoms with E-state index in [1.54, 1.807) is 25.3 Å². The third kappa shape index (κ3) is 6.51. The van der Waals surface area contributed by atoms with Crippen molar-refractivity contribution in [1.29, 1.82) is 0 Å². The summed E-state index contributed by atoms with van der Waals surface area (Å²) in [6, 6.07) is 20.6. The fourth-order valence-corrected chi connectivity index (χ4v) is 4.81. The molecule has 1 aromatic heterocycles. The van der Waals surface area contributed by atoms with Crippen LogP contribution in [0.1, 0.15) is 42.3 Å². The summed E-state index contributed by atoms with van der Waals surface area (Å²) in [6.07, 6.45) is 2.50. The van der Waals surface area contributed by atoms with Gasteiger partial charge in [-0.3, -0.25) is 24.7 Å². The van der Waals surface area contributed by atoms with Crippen LogP contribution in [0.25, 0.3) is 0 Å². The topological polar surface area (TPSA) is 94.6 Å². The number of aryl methyl sites for hydroxylation is 1. The maximum absolute atomic E-state index is 12.7. The number of carbonyl (C=O) groups excluding carboxylic acids is 3. The molecule has 186 valence electrons. The van der Waals surface area contributed by atoms with E-state index in [2.05, 4.69) is 10.3 Å². The van der Waals surface area contributed by atoms with Crippen molar-refractivity contribution >= 4 is 28.9 Å². The second kappa shape index (κ2) is 11.4. The van der Waals surface area contributed by atoms with Crippen LogP contribution in [0.15, 0.2) is 72.9 Å². The van der Waals surface area contributed by atoms with Crippen LogP contribution in [-0.2, 0) is 33.6 Å². The Kier molecular flexibility index (Phi) is 8.05. The molecule has 3 aromatic rings. The van der Waals surface area contributed by atoms with Gasteiger partial charge in [0.05, 0.1) is 6.42 Å². The third-order valence-electron chi connectivity index (χ3n) is 5.93. The average molecular weight is 505 g/mol. The molecule has 0 saturated carbocycles. The summed E-state index contributed by atoms with van der Waals surface area (Å²) in [7, 11) is 0. The maximum Gasteiger partial charge on any atom is 0.310 e. The molecule has 0 bridgehead atoms. The van der Waals surface area contributed by atoms with Gasteiger partial charge in [0.2, 0.25) is 5.91 Å². The van der Waals surface area contributed by atoms with E-state index in [4.69, 9.17) is 9.47 Å². The number of ether oxygens (including phenoxy) is 2. The third-order valence-corrected chi connectivity index (χ3v) is 6.99. The van der Waals surface area contributed by atoms with Crippen LogP contribution >= 0.6 is 11.8 Å². The summed E-state index contributed by atoms with van der Waals surface area (Å²) in [5.41, 5.74) is 3.50. The van der Waals surface area contributed by atoms with Gasteiger partial charge >= 0.3 is 5.97 Å². The van der Waals surface area contributed by atoms with E-state index < -0.39 is 10.9 Å². The summed E-state index contributed by atoms with van der Waals surface area (Å²) >= 11 is 1.01. The Bertz CT molecular complexity index is 1210. The van der Waals surface area contributed by atoms with Crippen molar-refractivity contribution in [2.24, 2.45) is 0 Å². The number of imide groups is 1. The number of aromatic nitrogens is 1. The van der Waals surface area contributed by atoms with Gasteiger partial charge in [-0.2, -0.15) is 0 Å². The Morgan fingerprint density at radius 3 is 2.39 bits per heavy atom. The van der Waals surface area contributed by atoms with Crippen LogP contribution in [-0.4, -0.2) is 33.5 Å². The monoisotopic (exact) mass is 504 g/mol. The number of carbonyl (C=O) groups is 3. The highest BCUT2D eigenvalue weighted by atomic mass is 32.2. The predicted octanol–water partition coefficient (Wildman–Crippen LogP) is 4.83. The van der Waals surface area contributed by atoms with E-state index in [-0.39, 0.29) is 30.1 Å². The smallest absolute Gasteiger partial charge is 0.310 e. The number of hydrogen-bond acceptors (Lipinski definition) is 7. The first-order valence-electron chi connectivity index (χ1n) is 11.8. The van der Waals surface area contributed by atoms with Crippen LogP contribution in [0.2, 0.25) is 0 Å². The van der Waals surface area contributed by atoms with Crippen LogP contribution in [0.3, 0.4) is 0 Å². The molecule has 2 aromatic carbocycles. The average Bonchev–Trinajstić information content (AvgIpc) is 3.13. The number of nitrogens with one attached hydrogen (secondary N) is 1. The molecule has 1 aliphatic rings. The van der Waals surface area contributed by atoms with E-state index in [1.165, 1.54) is 0 Å². The molecule has 7 nitrogen and oxygen atoms in total. The van der Waals surface area contributed by atoms with Crippen molar-refractivity contribution in [2.75, 3.05) is 6.61 Å². The summed E-state index contributed by atoms with van der Waals surface area (Å²) < 4.78 is 11.0. The lowest BCUT2D eigenvalue weighted by Gasteiger charge is -2.20. The van der Waals surface area contributed by atoms with E-state index in [0.29, 0.717) is 12.2 Å². The summed E-state index contributed by atoms with van der Waals surface area (Å²) in [5.74, 6) is -0.0220. The van der Waals surface area contributed by atoms with Gasteiger partial charge < -0.3 is 9.47 Å². The van der Waals surface area contributed by atoms with E-state index in [0.717, 1.165) is 40.6 Å². The number of benzene rings is 2. The summed E-state index contributed by atoms with van der Waals surface area (Å²) in [5, 5.41) is 2.02. The molecule has 2 atom stereocenters. The second-order valence-corrected chi connectivity index (χ2v) is 10.3. The van der Waals surface area contributed by atoms with Gasteiger partial charge in [-0.1, -0.05) is 55.5 Å². The standard InChI is InChI=1S/C28H28N2O5S/c1-3-22-12-11-21(17-29-22)24(35-25(31)15-19-7-5-4-6-8-19)18-34-23-13-9-20(10-14-23)16-28(2)26(32)30-27(33)36-28/h4-14,17,24H,3,15-16,18H2,1-2H3,(H,30,32,33). The molecule has 0 aliphatic carbocycles. The quantitative estimate of drug-likeness (QED) is 0.395. The zero-order chi connectivity index (χ0) is 25.5. The molecule has 36 heavy (non-hydrogen) atoms. The van der Waals surface area contributed by atoms with Gasteiger partial charge in [0.25, 0.3) is 5.24 Å². The number of esters is 1. The zero-order valence-electron chi connectivity index (χ0n) is 20.2. The van der Waals surface area contributed by atoms with Crippen molar-refractivity contribution in [3.8, 4) is 5.75 Å². The molecule has 1 N–H and O–H groups in total. The summed E-state index contributed by atoms with van der Waals surface area (Å²) in [4.78, 5) is 40.8. The molecule has 1 aliphatic heterocycles. The van der Waals surface area contributed by atoms with Gasteiger partial charge in [0.15, 0.2) is 6.10 Å². The minimum Gasteiger partial charge on any atom is -0.489 e. The Balaban J connectivity index is 1.41. The molecule has 0 radical (unpaired) electrons. The van der Waals surface area contributed by atoms with Crippen LogP contribution < -0.4 is 10.1 Å². The SMILES string of the molecule is CCc1ccc(C(COc2ccc(CC3(C)SC(=O)NC3=O)cc2)OC(=O)Cc2ccccc2)cn1. The first-order valence-corrected chi connectivity index (χ1v) is 12.6. The molecule has 2 unspecified atom stereocenters. The van der Waals surface area contributed by atoms with Crippen molar-refractivity contribution in [1.82, 2.24) is 10.3 Å². The highest BCUT2D eigenvalue weighted by Crippen LogP contribution is 2.35. The van der Waals surface area contributed by atoms with Crippen molar-refractivity contribution in [3.05, 3.63) is 95.3 Å². The number of pyridine rings is 1. The van der Waals surface area contributed by atoms with Crippen LogP contribution in [0.5, 0.6) is 5.75 Å². The van der Waals surface area contributed by atoms with Gasteiger partial charge in [0.1, 0.15) is 17.1 Å². The molecule has 1 fully saturated rings. The fourth-order valence-electron chi connectivity index (χ4n) is 3.88. The number of thioether (sulfide) groups is 1. The zero-order valence-corrected chi connectivity index (χ0v) is 21.0. The van der Waals surface area contributed by atoms with Crippen LogP contribution in [0.4, 0.5) is 4.79 Å². The van der Waals surface area contributed by atoms with Crippen molar-refractivity contribution in [3.63, 3.8) is 0 Å². The predicted molar refractivity (Wildman–Crippen MR) is 138 cm³/mol. The normalized spacial score (nSPS) is 17.9. The Morgan fingerprint density at radius 1 is 1.03 bits per heavy atom. The highest BCUT2D eigenvalue weighted by molar-refractivity contribution is 8.16. The molecular weight excluding hydrogens is 476 g/mol. The van der Waals surface area contributed by atoms with Crippen molar-refractivity contribution < 1.29 is 23.9 Å². The van der Waals surface area contributed by atoms with Gasteiger partial charge in [-0.05, 0) is 60.9 Å². The minimum absolute atomic E-state index is 0.123. The van der Waals surface area contributed by atoms with Gasteiger partial charge in [0, 0.05) is 17.5 Å². The number of amides is 2. The van der Waals surface area contributed by atoms with Crippen molar-refractivity contribution in [2.45, 2.75) is 44.0 Å². The van der Waals surface area contributed by atoms with Gasteiger partial charge in [-0.15, -0.1) is 0 Å². The largest absolute Gasteiger partial charge is 0.489 e. The first-order chi connectivity index (χ1) is 17.3. The molecule has 0 spiro atoms. The van der Waals surface area contributed by atoms with Gasteiger partial charge in [-0.25, -0.2) is 0 Å². The Morgan fingerprint density at radius 2 is 1.78 bits per heavy atom. The number of hydrogen-bond donors (Lipinski definition) is 1. The number of rotatable bonds is 10. The lowest BCUT2D eigenvalue weighted by atomic mass is 9.99. The highest BCUT2D eigenvalue weighted by Gasteiger charge is 2.43. The fraction of sp³-hybridized carbons (Fsp3) is 0.286. The lowest BCUT2D eigenvalue weighted by Crippen LogP contribution is -2.35. The molecule has 2 amide bonds. The Hall–Kier alpha value is -3.65. The Labute approximate surface area is 214 Å². The van der Waals surface area contributed by atoms with Crippen LogP contribution in [0, 0.1) is 0 Å². The molecular formula is C28H28N2O5S. The maximum atomic E-state index is 12.7. The second-order valence-electron chi connectivity index (χ2n) is 8.78. The minimum atomic E-state index is -0.824. The molecule has 4 rings (SSSR count). The molecule has 1 saturated heterocycles. The molecule has 8 heteroatoms. The lowest BCUT2D eigenvalue weighted by molar-refractivity contribution is -0.150.